The van der Waals surface area contributed by atoms with Crippen LogP contribution in [0.4, 0.5) is 0 Å². The van der Waals surface area contributed by atoms with E-state index in [1.807, 2.05) is 23.6 Å². The molecule has 1 saturated heterocycles. The number of phenols is 1. The van der Waals surface area contributed by atoms with Gasteiger partial charge in [0.2, 0.25) is 0 Å². The number of rotatable bonds is 6. The van der Waals surface area contributed by atoms with Gasteiger partial charge in [-0.3, -0.25) is 4.90 Å². The fourth-order valence-corrected chi connectivity index (χ4v) is 4.21. The van der Waals surface area contributed by atoms with Crippen molar-refractivity contribution in [1.29, 1.82) is 0 Å². The normalized spacial score (nSPS) is 16.8. The van der Waals surface area contributed by atoms with Crippen molar-refractivity contribution < 1.29 is 19.4 Å². The number of methoxy groups -OCH3 is 1. The predicted octanol–water partition coefficient (Wildman–Crippen LogP) is 2.31. The maximum atomic E-state index is 12.1. The Balaban J connectivity index is 1.37. The number of hydrogen-bond acceptors (Lipinski definition) is 8. The highest BCUT2D eigenvalue weighted by Crippen LogP contribution is 2.29. The minimum Gasteiger partial charge on any atom is -0.504 e. The van der Waals surface area contributed by atoms with Crippen LogP contribution in [0.15, 0.2) is 44.9 Å². The zero-order chi connectivity index (χ0) is 20.4. The van der Waals surface area contributed by atoms with Gasteiger partial charge in [0, 0.05) is 19.6 Å². The summed E-state index contributed by atoms with van der Waals surface area (Å²) in [5.41, 5.74) is -0.0338. The van der Waals surface area contributed by atoms with E-state index in [2.05, 4.69) is 10.00 Å². The van der Waals surface area contributed by atoms with Crippen LogP contribution in [0.3, 0.4) is 0 Å². The van der Waals surface area contributed by atoms with E-state index in [0.717, 1.165) is 10.4 Å². The molecule has 0 unspecified atom stereocenters. The maximum Gasteiger partial charge on any atom is 0.437 e. The first-order valence-electron chi connectivity index (χ1n) is 9.38. The molecule has 0 spiro atoms. The summed E-state index contributed by atoms with van der Waals surface area (Å²) in [4.78, 5) is 15.1. The Labute approximate surface area is 171 Å². The second-order valence-electron chi connectivity index (χ2n) is 7.31. The lowest BCUT2D eigenvalue weighted by molar-refractivity contribution is -0.0392. The third-order valence-corrected chi connectivity index (χ3v) is 6.08. The van der Waals surface area contributed by atoms with E-state index in [1.54, 1.807) is 12.1 Å². The van der Waals surface area contributed by atoms with Crippen LogP contribution < -0.4 is 10.5 Å². The summed E-state index contributed by atoms with van der Waals surface area (Å²) < 4.78 is 11.5. The highest BCUT2D eigenvalue weighted by atomic mass is 32.1. The highest BCUT2D eigenvalue weighted by Gasteiger charge is 2.34. The Morgan fingerprint density at radius 1 is 1.31 bits per heavy atom. The summed E-state index contributed by atoms with van der Waals surface area (Å²) in [6.07, 6.45) is 1.03. The van der Waals surface area contributed by atoms with Crippen molar-refractivity contribution in [2.24, 2.45) is 0 Å². The van der Waals surface area contributed by atoms with E-state index in [0.29, 0.717) is 38.2 Å². The van der Waals surface area contributed by atoms with Gasteiger partial charge in [-0.15, -0.1) is 16.4 Å². The Morgan fingerprint density at radius 2 is 2.10 bits per heavy atom. The fraction of sp³-hybridized carbons (Fsp3) is 0.400. The average molecular weight is 417 g/mol. The number of phenolic OH excluding ortho intramolecular Hbond substituents is 1. The molecule has 0 saturated carbocycles. The van der Waals surface area contributed by atoms with E-state index in [1.165, 1.54) is 23.1 Å². The summed E-state index contributed by atoms with van der Waals surface area (Å²) in [6, 6.07) is 9.06. The molecule has 2 aromatic heterocycles. The molecular formula is C20H23N3O5S. The van der Waals surface area contributed by atoms with Gasteiger partial charge in [-0.2, -0.15) is 4.68 Å². The third kappa shape index (κ3) is 4.36. The number of likely N-dealkylation sites (tertiary alicyclic amines) is 1. The lowest BCUT2D eigenvalue weighted by Gasteiger charge is -2.37. The fourth-order valence-electron chi connectivity index (χ4n) is 3.56. The minimum atomic E-state index is -1.01. The Bertz CT molecular complexity index is 1020. The van der Waals surface area contributed by atoms with E-state index >= 15 is 0 Å². The molecule has 29 heavy (non-hydrogen) atoms. The monoisotopic (exact) mass is 417 g/mol. The molecule has 1 aliphatic heterocycles. The number of nitrogens with zero attached hydrogens (tertiary/aromatic N) is 3. The Hall–Kier alpha value is -2.62. The lowest BCUT2D eigenvalue weighted by Crippen LogP contribution is -2.47. The first kappa shape index (κ1) is 19.7. The third-order valence-electron chi connectivity index (χ3n) is 5.22. The smallest absolute Gasteiger partial charge is 0.437 e. The van der Waals surface area contributed by atoms with Crippen molar-refractivity contribution >= 4 is 11.3 Å². The van der Waals surface area contributed by atoms with Crippen molar-refractivity contribution in [1.82, 2.24) is 14.7 Å². The van der Waals surface area contributed by atoms with Gasteiger partial charge in [-0.25, -0.2) is 4.79 Å². The number of aromatic hydroxyl groups is 1. The SMILES string of the molecule is COc1ccc(CN2CCC(O)(Cn3nc(-c4cccs4)oc3=O)CC2)cc1O. The molecule has 0 atom stereocenters. The molecule has 1 aliphatic rings. The standard InChI is InChI=1S/C20H23N3O5S/c1-27-16-5-4-14(11-15(16)24)12-22-8-6-20(26,7-9-22)13-23-19(25)28-18(21-23)17-3-2-10-29-17/h2-5,10-11,24,26H,6-9,12-13H2,1H3. The van der Waals surface area contributed by atoms with Gasteiger partial charge >= 0.3 is 5.76 Å². The molecule has 1 fully saturated rings. The second kappa shape index (κ2) is 8.02. The zero-order valence-corrected chi connectivity index (χ0v) is 16.9. The van der Waals surface area contributed by atoms with Crippen LogP contribution in [0.5, 0.6) is 11.5 Å². The molecule has 3 aromatic rings. The molecule has 4 rings (SSSR count). The lowest BCUT2D eigenvalue weighted by atomic mass is 9.91. The van der Waals surface area contributed by atoms with Crippen molar-refractivity contribution in [3.05, 3.63) is 51.8 Å². The summed E-state index contributed by atoms with van der Waals surface area (Å²) in [6.45, 7) is 2.12. The molecule has 0 radical (unpaired) electrons. The predicted molar refractivity (Wildman–Crippen MR) is 108 cm³/mol. The van der Waals surface area contributed by atoms with Gasteiger partial charge in [0.15, 0.2) is 11.5 Å². The van der Waals surface area contributed by atoms with Crippen LogP contribution in [-0.4, -0.2) is 50.7 Å². The Kier molecular flexibility index (Phi) is 5.44. The molecule has 8 nitrogen and oxygen atoms in total. The van der Waals surface area contributed by atoms with Crippen LogP contribution in [0, 0.1) is 0 Å². The van der Waals surface area contributed by atoms with Gasteiger partial charge in [0.1, 0.15) is 0 Å². The summed E-state index contributed by atoms with van der Waals surface area (Å²) in [5, 5.41) is 27.0. The quantitative estimate of drug-likeness (QED) is 0.635. The van der Waals surface area contributed by atoms with Crippen molar-refractivity contribution in [2.45, 2.75) is 31.5 Å². The highest BCUT2D eigenvalue weighted by molar-refractivity contribution is 7.13. The van der Waals surface area contributed by atoms with E-state index < -0.39 is 11.4 Å². The van der Waals surface area contributed by atoms with Crippen LogP contribution in [0.25, 0.3) is 10.8 Å². The number of aromatic nitrogens is 2. The summed E-state index contributed by atoms with van der Waals surface area (Å²) >= 11 is 1.44. The number of benzene rings is 1. The van der Waals surface area contributed by atoms with Gasteiger partial charge < -0.3 is 19.4 Å². The van der Waals surface area contributed by atoms with Crippen LogP contribution >= 0.6 is 11.3 Å². The largest absolute Gasteiger partial charge is 0.504 e. The van der Waals surface area contributed by atoms with Crippen LogP contribution in [0.1, 0.15) is 18.4 Å². The summed E-state index contributed by atoms with van der Waals surface area (Å²) in [7, 11) is 1.52. The molecule has 3 heterocycles. The average Bonchev–Trinajstić information content (AvgIpc) is 3.34. The molecule has 0 aliphatic carbocycles. The molecule has 0 bridgehead atoms. The first-order valence-corrected chi connectivity index (χ1v) is 10.3. The molecular weight excluding hydrogens is 394 g/mol. The molecule has 154 valence electrons. The minimum absolute atomic E-state index is 0.109. The van der Waals surface area contributed by atoms with E-state index in [4.69, 9.17) is 9.15 Å². The molecule has 0 amide bonds. The molecule has 2 N–H and O–H groups in total. The molecule has 1 aromatic carbocycles. The maximum absolute atomic E-state index is 12.1. The number of piperidine rings is 1. The van der Waals surface area contributed by atoms with E-state index in [9.17, 15) is 15.0 Å². The Morgan fingerprint density at radius 3 is 2.76 bits per heavy atom. The molecule has 9 heteroatoms. The van der Waals surface area contributed by atoms with Gasteiger partial charge in [-0.1, -0.05) is 12.1 Å². The number of thiophene rings is 1. The first-order chi connectivity index (χ1) is 14.0. The number of aliphatic hydroxyl groups is 1. The van der Waals surface area contributed by atoms with Crippen molar-refractivity contribution in [3.8, 4) is 22.3 Å². The summed E-state index contributed by atoms with van der Waals surface area (Å²) in [5.74, 6) is 0.288. The van der Waals surface area contributed by atoms with Gasteiger partial charge in [0.05, 0.1) is 24.1 Å². The van der Waals surface area contributed by atoms with Gasteiger partial charge in [-0.05, 0) is 42.0 Å². The zero-order valence-electron chi connectivity index (χ0n) is 16.1. The van der Waals surface area contributed by atoms with E-state index in [-0.39, 0.29) is 18.2 Å². The topological polar surface area (TPSA) is 101 Å². The second-order valence-corrected chi connectivity index (χ2v) is 8.26. The van der Waals surface area contributed by atoms with Crippen molar-refractivity contribution in [2.75, 3.05) is 20.2 Å². The number of hydrogen-bond donors (Lipinski definition) is 2. The number of ether oxygens (including phenoxy) is 1. The van der Waals surface area contributed by atoms with Crippen LogP contribution in [-0.2, 0) is 13.1 Å². The van der Waals surface area contributed by atoms with Gasteiger partial charge in [0.25, 0.3) is 5.89 Å². The van der Waals surface area contributed by atoms with Crippen LogP contribution in [0.2, 0.25) is 0 Å². The van der Waals surface area contributed by atoms with Crippen molar-refractivity contribution in [3.63, 3.8) is 0 Å².